The Labute approximate surface area is 119 Å². The molecule has 1 rings (SSSR count). The molecule has 0 radical (unpaired) electrons. The molecule has 2 atom stereocenters. The van der Waals surface area contributed by atoms with Crippen molar-refractivity contribution in [3.8, 4) is 5.75 Å². The highest BCUT2D eigenvalue weighted by Crippen LogP contribution is 2.27. The molecule has 0 aliphatic heterocycles. The summed E-state index contributed by atoms with van der Waals surface area (Å²) in [5.74, 6) is 0.319. The van der Waals surface area contributed by atoms with Gasteiger partial charge in [0.2, 0.25) is 0 Å². The van der Waals surface area contributed by atoms with Crippen LogP contribution in [0.4, 0.5) is 0 Å². The highest BCUT2D eigenvalue weighted by molar-refractivity contribution is 5.80. The molecule has 1 aromatic carbocycles. The predicted octanol–water partition coefficient (Wildman–Crippen LogP) is 1.58. The summed E-state index contributed by atoms with van der Waals surface area (Å²) < 4.78 is 10.5. The van der Waals surface area contributed by atoms with Crippen molar-refractivity contribution in [3.05, 3.63) is 29.3 Å². The fraction of sp³-hybridized carbons (Fsp3) is 0.533. The number of methoxy groups -OCH3 is 1. The third kappa shape index (κ3) is 4.83. The van der Waals surface area contributed by atoms with Crippen LogP contribution in [0.15, 0.2) is 18.2 Å². The highest BCUT2D eigenvalue weighted by Gasteiger charge is 2.17. The molecular formula is C15H23NO4. The van der Waals surface area contributed by atoms with Crippen LogP contribution in [-0.4, -0.2) is 37.4 Å². The van der Waals surface area contributed by atoms with Crippen molar-refractivity contribution >= 4 is 5.91 Å². The minimum Gasteiger partial charge on any atom is -0.481 e. The standard InChI is InChI=1S/C15H23NO4/c1-10-5-6-14(13(9-10)11(2)17)20-12(3)15(18)16-7-8-19-4/h5-6,9,11-12,17H,7-8H2,1-4H3,(H,16,18)/t11-,12?/m0/s1. The number of aliphatic hydroxyl groups excluding tert-OH is 1. The minimum absolute atomic E-state index is 0.209. The Balaban J connectivity index is 2.70. The van der Waals surface area contributed by atoms with E-state index in [4.69, 9.17) is 9.47 Å². The van der Waals surface area contributed by atoms with E-state index < -0.39 is 12.2 Å². The van der Waals surface area contributed by atoms with Crippen molar-refractivity contribution in [1.82, 2.24) is 5.32 Å². The van der Waals surface area contributed by atoms with E-state index in [-0.39, 0.29) is 5.91 Å². The number of rotatable bonds is 7. The lowest BCUT2D eigenvalue weighted by atomic mass is 10.1. The van der Waals surface area contributed by atoms with Gasteiger partial charge >= 0.3 is 0 Å². The Morgan fingerprint density at radius 1 is 1.40 bits per heavy atom. The van der Waals surface area contributed by atoms with E-state index in [1.54, 1.807) is 27.0 Å². The fourth-order valence-electron chi connectivity index (χ4n) is 1.77. The molecule has 0 saturated carbocycles. The van der Waals surface area contributed by atoms with E-state index in [2.05, 4.69) is 5.32 Å². The van der Waals surface area contributed by atoms with E-state index >= 15 is 0 Å². The SMILES string of the molecule is COCCNC(=O)C(C)Oc1ccc(C)cc1[C@H](C)O. The second-order valence-corrected chi connectivity index (χ2v) is 4.76. The number of aryl methyl sites for hydroxylation is 1. The van der Waals surface area contributed by atoms with Crippen LogP contribution < -0.4 is 10.1 Å². The number of aliphatic hydroxyl groups is 1. The molecule has 0 aliphatic rings. The second-order valence-electron chi connectivity index (χ2n) is 4.76. The topological polar surface area (TPSA) is 67.8 Å². The van der Waals surface area contributed by atoms with Gasteiger partial charge in [0.15, 0.2) is 6.10 Å². The number of hydrogen-bond donors (Lipinski definition) is 2. The lowest BCUT2D eigenvalue weighted by Gasteiger charge is -2.18. The zero-order valence-corrected chi connectivity index (χ0v) is 12.5. The van der Waals surface area contributed by atoms with Gasteiger partial charge in [0.05, 0.1) is 12.7 Å². The van der Waals surface area contributed by atoms with Crippen LogP contribution in [0.1, 0.15) is 31.1 Å². The van der Waals surface area contributed by atoms with Crippen molar-refractivity contribution in [1.29, 1.82) is 0 Å². The summed E-state index contributed by atoms with van der Waals surface area (Å²) >= 11 is 0. The van der Waals surface area contributed by atoms with Crippen LogP contribution in [0.3, 0.4) is 0 Å². The smallest absolute Gasteiger partial charge is 0.260 e. The number of carbonyl (C=O) groups is 1. The Bertz CT molecular complexity index is 445. The third-order valence-electron chi connectivity index (χ3n) is 2.89. The van der Waals surface area contributed by atoms with Crippen LogP contribution in [0, 0.1) is 6.92 Å². The minimum atomic E-state index is -0.645. The summed E-state index contributed by atoms with van der Waals surface area (Å²) in [6, 6.07) is 5.52. The van der Waals surface area contributed by atoms with Gasteiger partial charge in [0.1, 0.15) is 5.75 Å². The molecule has 112 valence electrons. The van der Waals surface area contributed by atoms with Crippen LogP contribution >= 0.6 is 0 Å². The van der Waals surface area contributed by atoms with Crippen molar-refractivity contribution < 1.29 is 19.4 Å². The summed E-state index contributed by atoms with van der Waals surface area (Å²) in [7, 11) is 1.58. The monoisotopic (exact) mass is 281 g/mol. The summed E-state index contributed by atoms with van der Waals surface area (Å²) in [5.41, 5.74) is 1.71. The molecule has 5 heteroatoms. The van der Waals surface area contributed by atoms with Crippen molar-refractivity contribution in [2.45, 2.75) is 33.0 Å². The van der Waals surface area contributed by atoms with E-state index in [1.807, 2.05) is 19.1 Å². The lowest BCUT2D eigenvalue weighted by Crippen LogP contribution is -2.38. The first-order valence-corrected chi connectivity index (χ1v) is 6.67. The molecule has 2 N–H and O–H groups in total. The average molecular weight is 281 g/mol. The zero-order valence-electron chi connectivity index (χ0n) is 12.5. The molecule has 0 spiro atoms. The van der Waals surface area contributed by atoms with Gasteiger partial charge in [-0.3, -0.25) is 4.79 Å². The largest absolute Gasteiger partial charge is 0.481 e. The van der Waals surface area contributed by atoms with Crippen LogP contribution in [0.5, 0.6) is 5.75 Å². The molecule has 0 fully saturated rings. The number of benzene rings is 1. The van der Waals surface area contributed by atoms with Crippen molar-refractivity contribution in [3.63, 3.8) is 0 Å². The number of amides is 1. The van der Waals surface area contributed by atoms with Gasteiger partial charge in [-0.1, -0.05) is 11.6 Å². The molecule has 5 nitrogen and oxygen atoms in total. The van der Waals surface area contributed by atoms with Gasteiger partial charge in [-0.25, -0.2) is 0 Å². The second kappa shape index (κ2) is 7.87. The molecule has 0 aliphatic carbocycles. The first-order chi connectivity index (χ1) is 9.45. The number of carbonyl (C=O) groups excluding carboxylic acids is 1. The number of hydrogen-bond acceptors (Lipinski definition) is 4. The normalized spacial score (nSPS) is 13.7. The van der Waals surface area contributed by atoms with Crippen molar-refractivity contribution in [2.24, 2.45) is 0 Å². The maximum atomic E-state index is 11.8. The number of ether oxygens (including phenoxy) is 2. The summed E-state index contributed by atoms with van der Waals surface area (Å²) in [4.78, 5) is 11.8. The summed E-state index contributed by atoms with van der Waals surface area (Å²) in [5, 5.41) is 12.5. The molecule has 0 bridgehead atoms. The molecule has 0 saturated heterocycles. The Morgan fingerprint density at radius 2 is 2.10 bits per heavy atom. The summed E-state index contributed by atoms with van der Waals surface area (Å²) in [6.07, 6.45) is -1.28. The first-order valence-electron chi connectivity index (χ1n) is 6.67. The fourth-order valence-corrected chi connectivity index (χ4v) is 1.77. The molecule has 0 aromatic heterocycles. The van der Waals surface area contributed by atoms with E-state index in [0.29, 0.717) is 24.5 Å². The Morgan fingerprint density at radius 3 is 2.70 bits per heavy atom. The maximum Gasteiger partial charge on any atom is 0.260 e. The quantitative estimate of drug-likeness (QED) is 0.745. The first kappa shape index (κ1) is 16.5. The van der Waals surface area contributed by atoms with Crippen LogP contribution in [0.25, 0.3) is 0 Å². The predicted molar refractivity (Wildman–Crippen MR) is 76.8 cm³/mol. The van der Waals surface area contributed by atoms with Gasteiger partial charge in [-0.15, -0.1) is 0 Å². The molecule has 1 unspecified atom stereocenters. The molecule has 1 aromatic rings. The average Bonchev–Trinajstić information content (AvgIpc) is 2.40. The van der Waals surface area contributed by atoms with E-state index in [0.717, 1.165) is 5.56 Å². The van der Waals surface area contributed by atoms with Gasteiger partial charge in [-0.05, 0) is 32.9 Å². The molecule has 20 heavy (non-hydrogen) atoms. The van der Waals surface area contributed by atoms with Gasteiger partial charge < -0.3 is 19.9 Å². The maximum absolute atomic E-state index is 11.8. The lowest BCUT2D eigenvalue weighted by molar-refractivity contribution is -0.127. The van der Waals surface area contributed by atoms with Gasteiger partial charge in [0, 0.05) is 19.2 Å². The van der Waals surface area contributed by atoms with Crippen molar-refractivity contribution in [2.75, 3.05) is 20.3 Å². The number of nitrogens with one attached hydrogen (secondary N) is 1. The van der Waals surface area contributed by atoms with Gasteiger partial charge in [0.25, 0.3) is 5.91 Å². The Kier molecular flexibility index (Phi) is 6.48. The molecule has 1 amide bonds. The van der Waals surface area contributed by atoms with Crippen LogP contribution in [-0.2, 0) is 9.53 Å². The highest BCUT2D eigenvalue weighted by atomic mass is 16.5. The van der Waals surface area contributed by atoms with E-state index in [1.165, 1.54) is 0 Å². The third-order valence-corrected chi connectivity index (χ3v) is 2.89. The zero-order chi connectivity index (χ0) is 15.1. The van der Waals surface area contributed by atoms with E-state index in [9.17, 15) is 9.90 Å². The van der Waals surface area contributed by atoms with Crippen LogP contribution in [0.2, 0.25) is 0 Å². The van der Waals surface area contributed by atoms with Gasteiger partial charge in [-0.2, -0.15) is 0 Å². The molecular weight excluding hydrogens is 258 g/mol. The Hall–Kier alpha value is -1.59. The summed E-state index contributed by atoms with van der Waals surface area (Å²) in [6.45, 7) is 6.19. The molecule has 0 heterocycles.